The maximum Gasteiger partial charge on any atom is 0.309 e. The predicted molar refractivity (Wildman–Crippen MR) is 66.6 cm³/mol. The molecule has 0 aromatic heterocycles. The van der Waals surface area contributed by atoms with Crippen molar-refractivity contribution in [2.24, 2.45) is 11.3 Å². The van der Waals surface area contributed by atoms with Crippen molar-refractivity contribution in [2.75, 3.05) is 12.0 Å². The van der Waals surface area contributed by atoms with E-state index < -0.39 is 21.2 Å². The van der Waals surface area contributed by atoms with Gasteiger partial charge in [-0.05, 0) is 38.0 Å². The Morgan fingerprint density at radius 1 is 1.35 bits per heavy atom. The van der Waals surface area contributed by atoms with E-state index in [4.69, 9.17) is 0 Å². The van der Waals surface area contributed by atoms with Gasteiger partial charge in [-0.25, -0.2) is 8.42 Å². The summed E-state index contributed by atoms with van der Waals surface area (Å²) in [6.07, 6.45) is 5.57. The van der Waals surface area contributed by atoms with Crippen molar-refractivity contribution in [2.45, 2.75) is 45.4 Å². The highest BCUT2D eigenvalue weighted by atomic mass is 32.2. The monoisotopic (exact) mass is 262 g/mol. The lowest BCUT2D eigenvalue weighted by Gasteiger charge is -2.36. The van der Waals surface area contributed by atoms with Gasteiger partial charge in [0.25, 0.3) is 0 Å². The van der Waals surface area contributed by atoms with Crippen LogP contribution in [0.4, 0.5) is 0 Å². The topological polar surface area (TPSA) is 71.4 Å². The Morgan fingerprint density at radius 3 is 2.24 bits per heavy atom. The second-order valence-corrected chi connectivity index (χ2v) is 7.58. The standard InChI is InChI=1S/C12H22O4S/c1-3-10-4-6-12(7-5-10,11(13)14)8-9-17(2,15)16/h10H,3-9H2,1-2H3,(H,13,14). The van der Waals surface area contributed by atoms with Gasteiger partial charge in [0.05, 0.1) is 11.2 Å². The smallest absolute Gasteiger partial charge is 0.309 e. The minimum Gasteiger partial charge on any atom is -0.481 e. The Labute approximate surface area is 103 Å². The summed E-state index contributed by atoms with van der Waals surface area (Å²) in [5.41, 5.74) is -0.797. The van der Waals surface area contributed by atoms with Crippen LogP contribution in [0.5, 0.6) is 0 Å². The van der Waals surface area contributed by atoms with Crippen LogP contribution in [0.15, 0.2) is 0 Å². The fraction of sp³-hybridized carbons (Fsp3) is 0.917. The molecule has 100 valence electrons. The Balaban J connectivity index is 2.69. The first-order valence-electron chi connectivity index (χ1n) is 6.20. The highest BCUT2D eigenvalue weighted by Crippen LogP contribution is 2.43. The summed E-state index contributed by atoms with van der Waals surface area (Å²) in [5, 5.41) is 9.35. The Bertz CT molecular complexity index is 364. The number of rotatable bonds is 5. The lowest BCUT2D eigenvalue weighted by molar-refractivity contribution is -0.151. The van der Waals surface area contributed by atoms with Gasteiger partial charge < -0.3 is 5.11 Å². The molecule has 0 radical (unpaired) electrons. The van der Waals surface area contributed by atoms with E-state index >= 15 is 0 Å². The number of hydrogen-bond acceptors (Lipinski definition) is 3. The first kappa shape index (κ1) is 14.5. The second-order valence-electron chi connectivity index (χ2n) is 5.32. The van der Waals surface area contributed by atoms with E-state index in [2.05, 4.69) is 6.92 Å². The molecule has 1 aliphatic rings. The number of sulfone groups is 1. The first-order valence-corrected chi connectivity index (χ1v) is 8.26. The first-order chi connectivity index (χ1) is 7.79. The molecule has 0 spiro atoms. The van der Waals surface area contributed by atoms with Gasteiger partial charge in [0.15, 0.2) is 0 Å². The minimum absolute atomic E-state index is 0.0178. The Kier molecular flexibility index (Phi) is 4.58. The molecular formula is C12H22O4S. The van der Waals surface area contributed by atoms with Gasteiger partial charge in [0, 0.05) is 6.26 Å². The van der Waals surface area contributed by atoms with Crippen LogP contribution in [0, 0.1) is 11.3 Å². The van der Waals surface area contributed by atoms with Crippen molar-refractivity contribution in [3.05, 3.63) is 0 Å². The molecule has 0 amide bonds. The molecule has 0 aromatic rings. The average Bonchev–Trinajstić information content (AvgIpc) is 2.26. The molecular weight excluding hydrogens is 240 g/mol. The van der Waals surface area contributed by atoms with Gasteiger partial charge in [-0.2, -0.15) is 0 Å². The SMILES string of the molecule is CCC1CCC(CCS(C)(=O)=O)(C(=O)O)CC1. The summed E-state index contributed by atoms with van der Waals surface area (Å²) in [7, 11) is -3.08. The summed E-state index contributed by atoms with van der Waals surface area (Å²) >= 11 is 0. The maximum atomic E-state index is 11.4. The summed E-state index contributed by atoms with van der Waals surface area (Å²) in [4.78, 5) is 11.4. The molecule has 0 bridgehead atoms. The molecule has 1 saturated carbocycles. The van der Waals surface area contributed by atoms with Crippen molar-refractivity contribution >= 4 is 15.8 Å². The molecule has 17 heavy (non-hydrogen) atoms. The van der Waals surface area contributed by atoms with Crippen molar-refractivity contribution < 1.29 is 18.3 Å². The fourth-order valence-electron chi connectivity index (χ4n) is 2.59. The van der Waals surface area contributed by atoms with Gasteiger partial charge in [-0.1, -0.05) is 13.3 Å². The average molecular weight is 262 g/mol. The largest absolute Gasteiger partial charge is 0.481 e. The quantitative estimate of drug-likeness (QED) is 0.823. The van der Waals surface area contributed by atoms with Crippen LogP contribution in [-0.4, -0.2) is 31.5 Å². The lowest BCUT2D eigenvalue weighted by atomic mass is 9.68. The molecule has 4 nitrogen and oxygen atoms in total. The zero-order valence-corrected chi connectivity index (χ0v) is 11.4. The molecule has 5 heteroatoms. The highest BCUT2D eigenvalue weighted by Gasteiger charge is 2.41. The normalized spacial score (nSPS) is 30.1. The number of carboxylic acid groups (broad SMARTS) is 1. The van der Waals surface area contributed by atoms with Crippen LogP contribution >= 0.6 is 0 Å². The molecule has 1 rings (SSSR count). The van der Waals surface area contributed by atoms with E-state index in [0.29, 0.717) is 18.8 Å². The Hall–Kier alpha value is -0.580. The molecule has 0 atom stereocenters. The third kappa shape index (κ3) is 3.98. The van der Waals surface area contributed by atoms with Crippen molar-refractivity contribution in [1.82, 2.24) is 0 Å². The van der Waals surface area contributed by atoms with Gasteiger partial charge in [-0.15, -0.1) is 0 Å². The number of aliphatic carboxylic acids is 1. The summed E-state index contributed by atoms with van der Waals surface area (Å²) in [5.74, 6) is -0.229. The van der Waals surface area contributed by atoms with E-state index in [1.165, 1.54) is 6.26 Å². The number of carbonyl (C=O) groups is 1. The summed E-state index contributed by atoms with van der Waals surface area (Å²) in [6, 6.07) is 0. The van der Waals surface area contributed by atoms with Crippen molar-refractivity contribution in [3.8, 4) is 0 Å². The van der Waals surface area contributed by atoms with Crippen LogP contribution < -0.4 is 0 Å². The molecule has 0 aliphatic heterocycles. The van der Waals surface area contributed by atoms with Gasteiger partial charge >= 0.3 is 5.97 Å². The number of carboxylic acids is 1. The van der Waals surface area contributed by atoms with E-state index in [-0.39, 0.29) is 12.2 Å². The predicted octanol–water partition coefficient (Wildman–Crippen LogP) is 2.09. The van der Waals surface area contributed by atoms with E-state index in [1.54, 1.807) is 0 Å². The van der Waals surface area contributed by atoms with E-state index in [9.17, 15) is 18.3 Å². The fourth-order valence-corrected chi connectivity index (χ4v) is 3.35. The van der Waals surface area contributed by atoms with Crippen molar-refractivity contribution in [3.63, 3.8) is 0 Å². The Morgan fingerprint density at radius 2 is 1.88 bits per heavy atom. The molecule has 0 saturated heterocycles. The lowest BCUT2D eigenvalue weighted by Crippen LogP contribution is -2.37. The third-order valence-corrected chi connectivity index (χ3v) is 4.99. The van der Waals surface area contributed by atoms with Crippen LogP contribution in [-0.2, 0) is 14.6 Å². The van der Waals surface area contributed by atoms with Crippen LogP contribution in [0.1, 0.15) is 45.4 Å². The molecule has 0 heterocycles. The van der Waals surface area contributed by atoms with Crippen LogP contribution in [0.3, 0.4) is 0 Å². The summed E-state index contributed by atoms with van der Waals surface area (Å²) < 4.78 is 22.3. The summed E-state index contributed by atoms with van der Waals surface area (Å²) in [6.45, 7) is 2.12. The number of hydrogen-bond donors (Lipinski definition) is 1. The zero-order valence-electron chi connectivity index (χ0n) is 10.6. The van der Waals surface area contributed by atoms with Crippen LogP contribution in [0.25, 0.3) is 0 Å². The molecule has 0 aromatic carbocycles. The third-order valence-electron chi connectivity index (χ3n) is 4.04. The highest BCUT2D eigenvalue weighted by molar-refractivity contribution is 7.90. The molecule has 1 N–H and O–H groups in total. The second kappa shape index (κ2) is 5.38. The van der Waals surface area contributed by atoms with Crippen LogP contribution in [0.2, 0.25) is 0 Å². The van der Waals surface area contributed by atoms with E-state index in [1.807, 2.05) is 0 Å². The minimum atomic E-state index is -3.08. The molecule has 1 aliphatic carbocycles. The van der Waals surface area contributed by atoms with Crippen molar-refractivity contribution in [1.29, 1.82) is 0 Å². The maximum absolute atomic E-state index is 11.4. The molecule has 0 unspecified atom stereocenters. The zero-order chi connectivity index (χ0) is 13.1. The van der Waals surface area contributed by atoms with Gasteiger partial charge in [-0.3, -0.25) is 4.79 Å². The van der Waals surface area contributed by atoms with Gasteiger partial charge in [0.2, 0.25) is 0 Å². The molecule has 1 fully saturated rings. The van der Waals surface area contributed by atoms with Gasteiger partial charge in [0.1, 0.15) is 9.84 Å². The van der Waals surface area contributed by atoms with E-state index in [0.717, 1.165) is 19.3 Å².